The molecule has 0 unspecified atom stereocenters. The molecule has 2 heterocycles. The maximum atomic E-state index is 4.94. The van der Waals surface area contributed by atoms with E-state index in [2.05, 4.69) is 36.7 Å². The molecule has 2 nitrogen and oxygen atoms in total. The van der Waals surface area contributed by atoms with Gasteiger partial charge in [0.15, 0.2) is 0 Å². The molecule has 0 amide bonds. The molecule has 0 aromatic carbocycles. The zero-order valence-corrected chi connectivity index (χ0v) is 12.8. The fourth-order valence-corrected chi connectivity index (χ4v) is 2.55. The first kappa shape index (κ1) is 15.3. The highest BCUT2D eigenvalue weighted by molar-refractivity contribution is 8.10. The Bertz CT molecular complexity index is 219. The predicted molar refractivity (Wildman–Crippen MR) is 82.8 cm³/mol. The summed E-state index contributed by atoms with van der Waals surface area (Å²) in [5, 5.41) is 3.32. The number of rotatable bonds is 0. The highest BCUT2D eigenvalue weighted by atomic mass is 32.1. The van der Waals surface area contributed by atoms with E-state index in [-0.39, 0.29) is 0 Å². The lowest BCUT2D eigenvalue weighted by Gasteiger charge is -2.30. The summed E-state index contributed by atoms with van der Waals surface area (Å²) in [4.78, 5) is 2.17. The number of thiol groups is 1. The van der Waals surface area contributed by atoms with E-state index in [9.17, 15) is 0 Å². The van der Waals surface area contributed by atoms with Crippen molar-refractivity contribution in [2.45, 2.75) is 39.5 Å². The number of nitrogens with zero attached hydrogens (tertiary/aromatic N) is 1. The second kappa shape index (κ2) is 8.33. The van der Waals surface area contributed by atoms with Gasteiger partial charge in [0.05, 0.1) is 0 Å². The lowest BCUT2D eigenvalue weighted by atomic mass is 10.00. The normalized spacial score (nSPS) is 22.9. The van der Waals surface area contributed by atoms with Gasteiger partial charge in [0, 0.05) is 13.1 Å². The fourth-order valence-electron chi connectivity index (χ4n) is 2.17. The molecule has 0 radical (unpaired) electrons. The SMILES string of the molecule is CC1CCN(C(=S)S)CC1.CC1CCNCC1. The average Bonchev–Trinajstić information content (AvgIpc) is 2.31. The third-order valence-corrected chi connectivity index (χ3v) is 4.22. The number of piperidine rings is 2. The van der Waals surface area contributed by atoms with Crippen molar-refractivity contribution in [3.05, 3.63) is 0 Å². The standard InChI is InChI=1S/C7H13NS2.C6H13N/c1-6-2-4-8(5-3-6)7(9)10;1-6-2-4-7-5-3-6/h6H,2-5H2,1H3,(H,9,10);6-7H,2-5H2,1H3. The molecule has 1 N–H and O–H groups in total. The van der Waals surface area contributed by atoms with Crippen LogP contribution in [-0.2, 0) is 0 Å². The van der Waals surface area contributed by atoms with Crippen LogP contribution in [0, 0.1) is 11.8 Å². The van der Waals surface area contributed by atoms with E-state index in [1.165, 1.54) is 38.8 Å². The molecule has 100 valence electrons. The van der Waals surface area contributed by atoms with E-state index in [0.717, 1.165) is 29.2 Å². The van der Waals surface area contributed by atoms with E-state index >= 15 is 0 Å². The van der Waals surface area contributed by atoms with Crippen molar-refractivity contribution in [3.63, 3.8) is 0 Å². The van der Waals surface area contributed by atoms with Gasteiger partial charge in [-0.2, -0.15) is 0 Å². The van der Waals surface area contributed by atoms with Gasteiger partial charge in [-0.1, -0.05) is 26.1 Å². The summed E-state index contributed by atoms with van der Waals surface area (Å²) in [6, 6.07) is 0. The predicted octanol–water partition coefficient (Wildman–Crippen LogP) is 2.94. The second-order valence-electron chi connectivity index (χ2n) is 5.38. The summed E-state index contributed by atoms with van der Waals surface area (Å²) in [5.41, 5.74) is 0. The molecule has 2 aliphatic rings. The minimum atomic E-state index is 0.756. The zero-order chi connectivity index (χ0) is 12.7. The van der Waals surface area contributed by atoms with Crippen LogP contribution in [0.3, 0.4) is 0 Å². The molecule has 0 aromatic heterocycles. The Morgan fingerprint density at radius 3 is 1.88 bits per heavy atom. The Morgan fingerprint density at radius 2 is 1.53 bits per heavy atom. The van der Waals surface area contributed by atoms with E-state index in [0.29, 0.717) is 0 Å². The zero-order valence-electron chi connectivity index (χ0n) is 11.1. The molecule has 2 fully saturated rings. The Hall–Kier alpha value is 0.200. The van der Waals surface area contributed by atoms with Gasteiger partial charge >= 0.3 is 0 Å². The van der Waals surface area contributed by atoms with Crippen molar-refractivity contribution in [3.8, 4) is 0 Å². The third-order valence-electron chi connectivity index (χ3n) is 3.68. The molecule has 17 heavy (non-hydrogen) atoms. The smallest absolute Gasteiger partial charge is 0.133 e. The molecule has 4 heteroatoms. The van der Waals surface area contributed by atoms with Crippen LogP contribution in [0.5, 0.6) is 0 Å². The van der Waals surface area contributed by atoms with Crippen LogP contribution in [0.4, 0.5) is 0 Å². The Balaban J connectivity index is 0.000000181. The van der Waals surface area contributed by atoms with Gasteiger partial charge < -0.3 is 10.2 Å². The quantitative estimate of drug-likeness (QED) is 0.522. The number of nitrogens with one attached hydrogen (secondary N) is 1. The maximum Gasteiger partial charge on any atom is 0.133 e. The van der Waals surface area contributed by atoms with Crippen molar-refractivity contribution in [1.82, 2.24) is 10.2 Å². The van der Waals surface area contributed by atoms with Crippen LogP contribution in [0.15, 0.2) is 0 Å². The van der Waals surface area contributed by atoms with E-state index in [1.54, 1.807) is 0 Å². The molecule has 2 rings (SSSR count). The molecule has 0 atom stereocenters. The molecular weight excluding hydrogens is 248 g/mol. The van der Waals surface area contributed by atoms with Crippen molar-refractivity contribution in [2.24, 2.45) is 11.8 Å². The lowest BCUT2D eigenvalue weighted by molar-refractivity contribution is 0.287. The Kier molecular flexibility index (Phi) is 7.47. The molecule has 0 saturated carbocycles. The fraction of sp³-hybridized carbons (Fsp3) is 0.923. The van der Waals surface area contributed by atoms with Crippen LogP contribution < -0.4 is 5.32 Å². The van der Waals surface area contributed by atoms with E-state index in [1.807, 2.05) is 0 Å². The Morgan fingerprint density at radius 1 is 1.06 bits per heavy atom. The van der Waals surface area contributed by atoms with Gasteiger partial charge in [-0.15, -0.1) is 12.6 Å². The summed E-state index contributed by atoms with van der Waals surface area (Å²) in [6.45, 7) is 9.29. The maximum absolute atomic E-state index is 4.94. The summed E-state index contributed by atoms with van der Waals surface area (Å²) < 4.78 is 0.756. The average molecular weight is 274 g/mol. The number of hydrogen-bond donors (Lipinski definition) is 2. The van der Waals surface area contributed by atoms with Crippen LogP contribution in [0.2, 0.25) is 0 Å². The van der Waals surface area contributed by atoms with Crippen molar-refractivity contribution >= 4 is 29.2 Å². The second-order valence-corrected chi connectivity index (χ2v) is 6.50. The minimum Gasteiger partial charge on any atom is -0.358 e. The summed E-state index contributed by atoms with van der Waals surface area (Å²) in [5.74, 6) is 1.85. The van der Waals surface area contributed by atoms with Crippen molar-refractivity contribution in [2.75, 3.05) is 26.2 Å². The van der Waals surface area contributed by atoms with Crippen LogP contribution in [0.1, 0.15) is 39.5 Å². The molecule has 2 aliphatic heterocycles. The number of thiocarbonyl (C=S) groups is 1. The number of likely N-dealkylation sites (tertiary alicyclic amines) is 1. The van der Waals surface area contributed by atoms with Gasteiger partial charge in [-0.3, -0.25) is 0 Å². The van der Waals surface area contributed by atoms with Gasteiger partial charge in [-0.25, -0.2) is 0 Å². The molecular formula is C13H26N2S2. The molecule has 0 spiro atoms. The van der Waals surface area contributed by atoms with Crippen LogP contribution in [-0.4, -0.2) is 35.4 Å². The van der Waals surface area contributed by atoms with Gasteiger partial charge in [-0.05, 0) is 50.6 Å². The monoisotopic (exact) mass is 274 g/mol. The largest absolute Gasteiger partial charge is 0.358 e. The van der Waals surface area contributed by atoms with Crippen molar-refractivity contribution in [1.29, 1.82) is 0 Å². The van der Waals surface area contributed by atoms with Gasteiger partial charge in [0.1, 0.15) is 4.32 Å². The van der Waals surface area contributed by atoms with E-state index < -0.39 is 0 Å². The first-order chi connectivity index (χ1) is 8.09. The molecule has 2 saturated heterocycles. The minimum absolute atomic E-state index is 0.756. The highest BCUT2D eigenvalue weighted by Crippen LogP contribution is 2.16. The summed E-state index contributed by atoms with van der Waals surface area (Å²) >= 11 is 9.07. The summed E-state index contributed by atoms with van der Waals surface area (Å²) in [7, 11) is 0. The van der Waals surface area contributed by atoms with Crippen LogP contribution in [0.25, 0.3) is 0 Å². The van der Waals surface area contributed by atoms with Crippen LogP contribution >= 0.6 is 24.8 Å². The molecule has 0 aromatic rings. The number of hydrogen-bond acceptors (Lipinski definition) is 2. The molecule has 0 aliphatic carbocycles. The lowest BCUT2D eigenvalue weighted by Crippen LogP contribution is -2.34. The Labute approximate surface area is 117 Å². The summed E-state index contributed by atoms with van der Waals surface area (Å²) in [6.07, 6.45) is 5.28. The first-order valence-corrected chi connectivity index (χ1v) is 7.63. The third kappa shape index (κ3) is 6.63. The van der Waals surface area contributed by atoms with Gasteiger partial charge in [0.25, 0.3) is 0 Å². The highest BCUT2D eigenvalue weighted by Gasteiger charge is 2.15. The topological polar surface area (TPSA) is 15.3 Å². The van der Waals surface area contributed by atoms with Gasteiger partial charge in [0.2, 0.25) is 0 Å². The molecule has 0 bridgehead atoms. The van der Waals surface area contributed by atoms with Crippen molar-refractivity contribution < 1.29 is 0 Å². The van der Waals surface area contributed by atoms with E-state index in [4.69, 9.17) is 12.2 Å². The first-order valence-electron chi connectivity index (χ1n) is 6.78.